The number of aromatic nitrogens is 2. The molecule has 0 amide bonds. The molecule has 4 nitrogen and oxygen atoms in total. The number of thiocarbonyl (C=S) groups is 1. The molecule has 0 atom stereocenters. The predicted molar refractivity (Wildman–Crippen MR) is 47.1 cm³/mol. The molecule has 0 unspecified atom stereocenters. The van der Waals surface area contributed by atoms with Gasteiger partial charge in [-0.05, 0) is 12.2 Å². The molecule has 1 heterocycles. The average Bonchev–Trinajstić information content (AvgIpc) is 2.52. The highest BCUT2D eigenvalue weighted by molar-refractivity contribution is 7.80. The van der Waals surface area contributed by atoms with Crippen molar-refractivity contribution in [3.63, 3.8) is 0 Å². The SMILES string of the molecule is CNC(=S)NCc1ncc[nH]1. The minimum atomic E-state index is 0.626. The van der Waals surface area contributed by atoms with Crippen molar-refractivity contribution in [2.24, 2.45) is 0 Å². The Morgan fingerprint density at radius 2 is 2.64 bits per heavy atom. The Hall–Kier alpha value is -1.10. The number of aromatic amines is 1. The molecule has 0 bridgehead atoms. The smallest absolute Gasteiger partial charge is 0.166 e. The van der Waals surface area contributed by atoms with E-state index in [2.05, 4.69) is 20.6 Å². The lowest BCUT2D eigenvalue weighted by Gasteiger charge is -2.03. The highest BCUT2D eigenvalue weighted by Crippen LogP contribution is 1.85. The molecule has 0 aromatic carbocycles. The Bertz CT molecular complexity index is 218. The lowest BCUT2D eigenvalue weighted by Crippen LogP contribution is -2.32. The van der Waals surface area contributed by atoms with Crippen LogP contribution in [0.3, 0.4) is 0 Å². The largest absolute Gasteiger partial charge is 0.366 e. The zero-order valence-electron chi connectivity index (χ0n) is 6.22. The topological polar surface area (TPSA) is 52.7 Å². The molecular weight excluding hydrogens is 160 g/mol. The number of hydrogen-bond donors (Lipinski definition) is 3. The van der Waals surface area contributed by atoms with Gasteiger partial charge in [0.25, 0.3) is 0 Å². The van der Waals surface area contributed by atoms with Gasteiger partial charge in [-0.25, -0.2) is 4.98 Å². The first-order chi connectivity index (χ1) is 5.33. The van der Waals surface area contributed by atoms with Crippen LogP contribution in [0.5, 0.6) is 0 Å². The van der Waals surface area contributed by atoms with Gasteiger partial charge in [0.2, 0.25) is 0 Å². The van der Waals surface area contributed by atoms with Crippen LogP contribution < -0.4 is 10.6 Å². The fraction of sp³-hybridized carbons (Fsp3) is 0.333. The van der Waals surface area contributed by atoms with Crippen molar-refractivity contribution in [3.05, 3.63) is 18.2 Å². The minimum absolute atomic E-state index is 0.626. The van der Waals surface area contributed by atoms with Crippen LogP contribution in [0.2, 0.25) is 0 Å². The molecular formula is C6H10N4S. The van der Waals surface area contributed by atoms with E-state index in [1.165, 1.54) is 0 Å². The number of nitrogens with one attached hydrogen (secondary N) is 3. The van der Waals surface area contributed by atoms with Gasteiger partial charge in [-0.15, -0.1) is 0 Å². The summed E-state index contributed by atoms with van der Waals surface area (Å²) in [5.74, 6) is 0.877. The van der Waals surface area contributed by atoms with E-state index < -0.39 is 0 Å². The number of imidazole rings is 1. The molecule has 0 radical (unpaired) electrons. The third kappa shape index (κ3) is 2.55. The van der Waals surface area contributed by atoms with Crippen LogP contribution in [0, 0.1) is 0 Å². The van der Waals surface area contributed by atoms with Gasteiger partial charge in [0.15, 0.2) is 5.11 Å². The van der Waals surface area contributed by atoms with Gasteiger partial charge in [-0.3, -0.25) is 0 Å². The molecule has 1 aromatic heterocycles. The first-order valence-corrected chi connectivity index (χ1v) is 3.67. The van der Waals surface area contributed by atoms with Crippen LogP contribution in [0.15, 0.2) is 12.4 Å². The second-order valence-electron chi connectivity index (χ2n) is 1.97. The zero-order valence-corrected chi connectivity index (χ0v) is 7.03. The summed E-state index contributed by atoms with van der Waals surface area (Å²) in [5.41, 5.74) is 0. The summed E-state index contributed by atoms with van der Waals surface area (Å²) in [6.07, 6.45) is 3.48. The molecule has 0 spiro atoms. The van der Waals surface area contributed by atoms with Gasteiger partial charge in [-0.2, -0.15) is 0 Å². The van der Waals surface area contributed by atoms with Crippen LogP contribution in [0.4, 0.5) is 0 Å². The van der Waals surface area contributed by atoms with Gasteiger partial charge < -0.3 is 15.6 Å². The predicted octanol–water partition coefficient (Wildman–Crippen LogP) is 0.00360. The quantitative estimate of drug-likeness (QED) is 0.547. The summed E-state index contributed by atoms with van der Waals surface area (Å²) >= 11 is 4.86. The molecule has 0 aliphatic heterocycles. The van der Waals surface area contributed by atoms with Crippen LogP contribution in [-0.4, -0.2) is 22.1 Å². The molecule has 0 aliphatic rings. The Balaban J connectivity index is 2.29. The van der Waals surface area contributed by atoms with Crippen molar-refractivity contribution >= 4 is 17.3 Å². The number of nitrogens with zero attached hydrogens (tertiary/aromatic N) is 1. The third-order valence-corrected chi connectivity index (χ3v) is 1.55. The first-order valence-electron chi connectivity index (χ1n) is 3.27. The summed E-state index contributed by atoms with van der Waals surface area (Å²) < 4.78 is 0. The van der Waals surface area contributed by atoms with Crippen molar-refractivity contribution < 1.29 is 0 Å². The summed E-state index contributed by atoms with van der Waals surface area (Å²) in [6, 6.07) is 0. The van der Waals surface area contributed by atoms with Crippen LogP contribution >= 0.6 is 12.2 Å². The summed E-state index contributed by atoms with van der Waals surface area (Å²) in [7, 11) is 1.78. The van der Waals surface area contributed by atoms with E-state index in [1.807, 2.05) is 0 Å². The van der Waals surface area contributed by atoms with Crippen LogP contribution in [0.1, 0.15) is 5.82 Å². The number of rotatable bonds is 2. The Morgan fingerprint density at radius 3 is 3.18 bits per heavy atom. The Morgan fingerprint density at radius 1 is 1.82 bits per heavy atom. The lowest BCUT2D eigenvalue weighted by atomic mass is 10.6. The molecule has 0 aliphatic carbocycles. The van der Waals surface area contributed by atoms with Crippen molar-refractivity contribution in [2.75, 3.05) is 7.05 Å². The van der Waals surface area contributed by atoms with E-state index in [-0.39, 0.29) is 0 Å². The average molecular weight is 170 g/mol. The van der Waals surface area contributed by atoms with Gasteiger partial charge in [-0.1, -0.05) is 0 Å². The van der Waals surface area contributed by atoms with E-state index in [1.54, 1.807) is 19.4 Å². The lowest BCUT2D eigenvalue weighted by molar-refractivity contribution is 0.833. The second kappa shape index (κ2) is 3.92. The molecule has 60 valence electrons. The molecule has 0 fully saturated rings. The molecule has 1 aromatic rings. The van der Waals surface area contributed by atoms with E-state index in [0.717, 1.165) is 5.82 Å². The Kier molecular flexibility index (Phi) is 2.85. The summed E-state index contributed by atoms with van der Waals surface area (Å²) in [4.78, 5) is 6.97. The molecule has 0 saturated carbocycles. The monoisotopic (exact) mass is 170 g/mol. The zero-order chi connectivity index (χ0) is 8.10. The summed E-state index contributed by atoms with van der Waals surface area (Å²) in [6.45, 7) is 0.632. The van der Waals surface area contributed by atoms with Gasteiger partial charge in [0, 0.05) is 19.4 Å². The minimum Gasteiger partial charge on any atom is -0.366 e. The van der Waals surface area contributed by atoms with Crippen LogP contribution in [0.25, 0.3) is 0 Å². The van der Waals surface area contributed by atoms with E-state index in [4.69, 9.17) is 12.2 Å². The van der Waals surface area contributed by atoms with Gasteiger partial charge >= 0.3 is 0 Å². The number of H-pyrrole nitrogens is 1. The third-order valence-electron chi connectivity index (χ3n) is 1.20. The van der Waals surface area contributed by atoms with Crippen molar-refractivity contribution in [1.82, 2.24) is 20.6 Å². The first kappa shape index (κ1) is 8.00. The maximum absolute atomic E-state index is 4.86. The molecule has 1 rings (SSSR count). The Labute approximate surface area is 70.4 Å². The van der Waals surface area contributed by atoms with Gasteiger partial charge in [0.05, 0.1) is 6.54 Å². The molecule has 0 saturated heterocycles. The highest BCUT2D eigenvalue weighted by Gasteiger charge is 1.93. The molecule has 5 heteroatoms. The maximum Gasteiger partial charge on any atom is 0.166 e. The van der Waals surface area contributed by atoms with Crippen molar-refractivity contribution in [2.45, 2.75) is 6.54 Å². The van der Waals surface area contributed by atoms with E-state index >= 15 is 0 Å². The maximum atomic E-state index is 4.86. The molecule has 3 N–H and O–H groups in total. The fourth-order valence-electron chi connectivity index (χ4n) is 0.647. The fourth-order valence-corrected chi connectivity index (χ4v) is 0.719. The number of hydrogen-bond acceptors (Lipinski definition) is 2. The molecule has 11 heavy (non-hydrogen) atoms. The van der Waals surface area contributed by atoms with Gasteiger partial charge in [0.1, 0.15) is 5.82 Å². The van der Waals surface area contributed by atoms with Crippen LogP contribution in [-0.2, 0) is 6.54 Å². The standard InChI is InChI=1S/C6H10N4S/c1-7-6(11)10-4-5-8-2-3-9-5/h2-3H,4H2,1H3,(H,8,9)(H2,7,10,11). The normalized spacial score (nSPS) is 9.18. The van der Waals surface area contributed by atoms with Crippen molar-refractivity contribution in [1.29, 1.82) is 0 Å². The van der Waals surface area contributed by atoms with E-state index in [9.17, 15) is 0 Å². The van der Waals surface area contributed by atoms with Crippen molar-refractivity contribution in [3.8, 4) is 0 Å². The van der Waals surface area contributed by atoms with E-state index in [0.29, 0.717) is 11.7 Å². The second-order valence-corrected chi connectivity index (χ2v) is 2.38. The highest BCUT2D eigenvalue weighted by atomic mass is 32.1. The summed E-state index contributed by atoms with van der Waals surface area (Å²) in [5, 5.41) is 6.39.